The van der Waals surface area contributed by atoms with Crippen molar-refractivity contribution in [3.63, 3.8) is 0 Å². The molecule has 2 aromatic rings. The van der Waals surface area contributed by atoms with E-state index in [1.807, 2.05) is 60.7 Å². The molecular formula is C21H20N2O2. The fraction of sp³-hybridized carbons (Fsp3) is 0.238. The largest absolute Gasteiger partial charge is 0.326 e. The fourth-order valence-electron chi connectivity index (χ4n) is 4.03. The first-order valence-electron chi connectivity index (χ1n) is 8.62. The van der Waals surface area contributed by atoms with Crippen LogP contribution in [0.3, 0.4) is 0 Å². The summed E-state index contributed by atoms with van der Waals surface area (Å²) in [6, 6.07) is 18.8. The van der Waals surface area contributed by atoms with Crippen LogP contribution in [0.15, 0.2) is 72.8 Å². The first-order valence-corrected chi connectivity index (χ1v) is 8.62. The Hall–Kier alpha value is -2.88. The van der Waals surface area contributed by atoms with Crippen LogP contribution in [0.1, 0.15) is 6.42 Å². The van der Waals surface area contributed by atoms with Crippen LogP contribution in [0.25, 0.3) is 0 Å². The molecule has 1 saturated carbocycles. The number of benzene rings is 2. The number of para-hydroxylation sites is 2. The van der Waals surface area contributed by atoms with E-state index in [4.69, 9.17) is 0 Å². The molecule has 0 aliphatic heterocycles. The molecule has 0 spiro atoms. The van der Waals surface area contributed by atoms with Crippen molar-refractivity contribution in [1.82, 2.24) is 0 Å². The summed E-state index contributed by atoms with van der Waals surface area (Å²) < 4.78 is 0. The number of nitrogens with one attached hydrogen (secondary N) is 2. The average Bonchev–Trinajstić information content (AvgIpc) is 3.24. The Morgan fingerprint density at radius 2 is 1.08 bits per heavy atom. The van der Waals surface area contributed by atoms with Gasteiger partial charge in [-0.15, -0.1) is 0 Å². The van der Waals surface area contributed by atoms with E-state index < -0.39 is 0 Å². The van der Waals surface area contributed by atoms with Crippen LogP contribution in [0, 0.1) is 23.7 Å². The zero-order valence-electron chi connectivity index (χ0n) is 13.8. The Balaban J connectivity index is 1.52. The third kappa shape index (κ3) is 3.07. The summed E-state index contributed by atoms with van der Waals surface area (Å²) in [7, 11) is 0. The molecule has 2 aliphatic rings. The van der Waals surface area contributed by atoms with Crippen molar-refractivity contribution in [2.75, 3.05) is 10.6 Å². The molecule has 1 fully saturated rings. The topological polar surface area (TPSA) is 58.2 Å². The molecule has 4 atom stereocenters. The molecule has 25 heavy (non-hydrogen) atoms. The maximum absolute atomic E-state index is 12.8. The van der Waals surface area contributed by atoms with Crippen molar-refractivity contribution >= 4 is 23.2 Å². The lowest BCUT2D eigenvalue weighted by Gasteiger charge is -2.26. The number of carbonyl (C=O) groups excluding carboxylic acids is 2. The summed E-state index contributed by atoms with van der Waals surface area (Å²) in [5, 5.41) is 5.93. The molecule has 4 unspecified atom stereocenters. The molecule has 0 saturated heterocycles. The predicted octanol–water partition coefficient (Wildman–Crippen LogP) is 3.70. The molecule has 2 aromatic carbocycles. The highest BCUT2D eigenvalue weighted by atomic mass is 16.2. The van der Waals surface area contributed by atoms with E-state index >= 15 is 0 Å². The van der Waals surface area contributed by atoms with E-state index in [1.54, 1.807) is 0 Å². The maximum atomic E-state index is 12.8. The van der Waals surface area contributed by atoms with Gasteiger partial charge in [0.15, 0.2) is 0 Å². The molecule has 2 aliphatic carbocycles. The van der Waals surface area contributed by atoms with Crippen LogP contribution in [-0.2, 0) is 9.59 Å². The molecule has 0 radical (unpaired) electrons. The van der Waals surface area contributed by atoms with Gasteiger partial charge in [0, 0.05) is 11.4 Å². The number of hydrogen-bond acceptors (Lipinski definition) is 2. The highest BCUT2D eigenvalue weighted by Gasteiger charge is 2.51. The number of carbonyl (C=O) groups is 2. The number of anilines is 2. The highest BCUT2D eigenvalue weighted by molar-refractivity contribution is 6.01. The molecule has 2 amide bonds. The average molecular weight is 332 g/mol. The summed E-state index contributed by atoms with van der Waals surface area (Å²) in [5.74, 6) is -0.508. The fourth-order valence-corrected chi connectivity index (χ4v) is 4.03. The van der Waals surface area contributed by atoms with Gasteiger partial charge < -0.3 is 10.6 Å². The third-order valence-electron chi connectivity index (χ3n) is 5.15. The summed E-state index contributed by atoms with van der Waals surface area (Å²) in [4.78, 5) is 25.7. The molecule has 0 heterocycles. The molecular weight excluding hydrogens is 312 g/mol. The molecule has 0 aromatic heterocycles. The second-order valence-electron chi connectivity index (χ2n) is 6.71. The Morgan fingerprint density at radius 1 is 0.680 bits per heavy atom. The zero-order chi connectivity index (χ0) is 17.2. The van der Waals surface area contributed by atoms with Crippen LogP contribution in [0.5, 0.6) is 0 Å². The Morgan fingerprint density at radius 3 is 1.48 bits per heavy atom. The summed E-state index contributed by atoms with van der Waals surface area (Å²) in [5.41, 5.74) is 1.53. The van der Waals surface area contributed by atoms with Crippen molar-refractivity contribution in [3.8, 4) is 0 Å². The van der Waals surface area contributed by atoms with E-state index in [1.165, 1.54) is 0 Å². The van der Waals surface area contributed by atoms with Crippen LogP contribution < -0.4 is 10.6 Å². The standard InChI is InChI=1S/C21H20N2O2/c24-20(22-16-7-3-1-4-8-16)18-14-11-12-15(13-14)19(18)21(25)23-17-9-5-2-6-10-17/h1-12,14-15,18-19H,13H2,(H,22,24)(H,23,25). The van der Waals surface area contributed by atoms with Gasteiger partial charge in [-0.05, 0) is 42.5 Å². The molecule has 126 valence electrons. The molecule has 4 nitrogen and oxygen atoms in total. The second-order valence-corrected chi connectivity index (χ2v) is 6.71. The van der Waals surface area contributed by atoms with Crippen molar-refractivity contribution in [3.05, 3.63) is 72.8 Å². The number of allylic oxidation sites excluding steroid dienone is 2. The maximum Gasteiger partial charge on any atom is 0.228 e. The van der Waals surface area contributed by atoms with Gasteiger partial charge in [-0.1, -0.05) is 48.6 Å². The molecule has 4 heteroatoms. The summed E-state index contributed by atoms with van der Waals surface area (Å²) >= 11 is 0. The minimum Gasteiger partial charge on any atom is -0.326 e. The summed E-state index contributed by atoms with van der Waals surface area (Å²) in [6.07, 6.45) is 5.05. The monoisotopic (exact) mass is 332 g/mol. The van der Waals surface area contributed by atoms with Crippen molar-refractivity contribution in [2.24, 2.45) is 23.7 Å². The quantitative estimate of drug-likeness (QED) is 0.839. The lowest BCUT2D eigenvalue weighted by atomic mass is 9.81. The Kier molecular flexibility index (Phi) is 4.10. The van der Waals surface area contributed by atoms with Crippen LogP contribution in [0.2, 0.25) is 0 Å². The van der Waals surface area contributed by atoms with E-state index in [9.17, 15) is 9.59 Å². The smallest absolute Gasteiger partial charge is 0.228 e. The number of amides is 2. The normalized spacial score (nSPS) is 26.4. The van der Waals surface area contributed by atoms with Gasteiger partial charge >= 0.3 is 0 Å². The lowest BCUT2D eigenvalue weighted by molar-refractivity contribution is -0.129. The van der Waals surface area contributed by atoms with Crippen LogP contribution in [-0.4, -0.2) is 11.8 Å². The zero-order valence-corrected chi connectivity index (χ0v) is 13.8. The van der Waals surface area contributed by atoms with Gasteiger partial charge in [-0.3, -0.25) is 9.59 Å². The highest BCUT2D eigenvalue weighted by Crippen LogP contribution is 2.48. The second kappa shape index (κ2) is 6.55. The number of rotatable bonds is 4. The first kappa shape index (κ1) is 15.6. The Bertz CT molecular complexity index is 734. The van der Waals surface area contributed by atoms with E-state index in [0.717, 1.165) is 17.8 Å². The Labute approximate surface area is 146 Å². The third-order valence-corrected chi connectivity index (χ3v) is 5.15. The van der Waals surface area contributed by atoms with E-state index in [2.05, 4.69) is 22.8 Å². The molecule has 4 rings (SSSR count). The minimum atomic E-state index is -0.320. The lowest BCUT2D eigenvalue weighted by Crippen LogP contribution is -2.39. The predicted molar refractivity (Wildman–Crippen MR) is 97.9 cm³/mol. The van der Waals surface area contributed by atoms with Gasteiger partial charge in [0.25, 0.3) is 0 Å². The number of hydrogen-bond donors (Lipinski definition) is 2. The van der Waals surface area contributed by atoms with Crippen LogP contribution in [0.4, 0.5) is 11.4 Å². The first-order chi connectivity index (χ1) is 12.2. The van der Waals surface area contributed by atoms with E-state index in [0.29, 0.717) is 0 Å². The van der Waals surface area contributed by atoms with Crippen molar-refractivity contribution < 1.29 is 9.59 Å². The van der Waals surface area contributed by atoms with Gasteiger partial charge in [-0.2, -0.15) is 0 Å². The van der Waals surface area contributed by atoms with Crippen molar-refractivity contribution in [1.29, 1.82) is 0 Å². The van der Waals surface area contributed by atoms with Gasteiger partial charge in [0.1, 0.15) is 0 Å². The SMILES string of the molecule is O=C(Nc1ccccc1)C1C2C=CC(C2)C1C(=O)Nc1ccccc1. The number of fused-ring (bicyclic) bond motifs is 2. The van der Waals surface area contributed by atoms with Gasteiger partial charge in [0.05, 0.1) is 11.8 Å². The van der Waals surface area contributed by atoms with Crippen LogP contribution >= 0.6 is 0 Å². The summed E-state index contributed by atoms with van der Waals surface area (Å²) in [6.45, 7) is 0. The molecule has 2 bridgehead atoms. The van der Waals surface area contributed by atoms with Gasteiger partial charge in [0.2, 0.25) is 11.8 Å². The molecule has 2 N–H and O–H groups in total. The van der Waals surface area contributed by atoms with E-state index in [-0.39, 0.29) is 35.5 Å². The minimum absolute atomic E-state index is 0.0729. The van der Waals surface area contributed by atoms with Crippen molar-refractivity contribution in [2.45, 2.75) is 6.42 Å². The van der Waals surface area contributed by atoms with Gasteiger partial charge in [-0.25, -0.2) is 0 Å².